The van der Waals surface area contributed by atoms with Crippen LogP contribution in [0.15, 0.2) is 29.3 Å². The molecule has 0 aromatic heterocycles. The maximum absolute atomic E-state index is 13.1. The van der Waals surface area contributed by atoms with E-state index in [-0.39, 0.29) is 18.6 Å². The monoisotopic (exact) mass is 380 g/mol. The molecule has 150 valence electrons. The summed E-state index contributed by atoms with van der Waals surface area (Å²) in [7, 11) is 0. The van der Waals surface area contributed by atoms with Gasteiger partial charge in [0.15, 0.2) is 5.96 Å². The van der Waals surface area contributed by atoms with Crippen molar-refractivity contribution in [2.75, 3.05) is 44.8 Å². The smallest absolute Gasteiger partial charge is 0.246 e. The Hall–Kier alpha value is -2.19. The van der Waals surface area contributed by atoms with Crippen LogP contribution >= 0.6 is 0 Å². The molecule has 1 amide bonds. The molecule has 1 aliphatic heterocycles. The zero-order valence-electron chi connectivity index (χ0n) is 15.8. The van der Waals surface area contributed by atoms with Crippen molar-refractivity contribution < 1.29 is 18.7 Å². The second-order valence-corrected chi connectivity index (χ2v) is 6.24. The lowest BCUT2D eigenvalue weighted by Gasteiger charge is -2.12. The molecule has 1 aromatic carbocycles. The first-order valence-electron chi connectivity index (χ1n) is 9.44. The summed E-state index contributed by atoms with van der Waals surface area (Å²) in [5, 5.41) is 8.87. The third kappa shape index (κ3) is 8.83. The number of halogens is 1. The van der Waals surface area contributed by atoms with Crippen LogP contribution in [0.5, 0.6) is 0 Å². The van der Waals surface area contributed by atoms with Gasteiger partial charge in [0.2, 0.25) is 5.91 Å². The van der Waals surface area contributed by atoms with E-state index in [9.17, 15) is 9.18 Å². The average Bonchev–Trinajstić information content (AvgIpc) is 3.16. The van der Waals surface area contributed by atoms with Crippen LogP contribution in [-0.2, 0) is 14.3 Å². The predicted molar refractivity (Wildman–Crippen MR) is 103 cm³/mol. The normalized spacial score (nSPS) is 17.0. The van der Waals surface area contributed by atoms with Crippen molar-refractivity contribution in [1.82, 2.24) is 10.6 Å². The van der Waals surface area contributed by atoms with E-state index in [1.807, 2.05) is 6.92 Å². The number of amides is 1. The fourth-order valence-corrected chi connectivity index (χ4v) is 2.63. The first kappa shape index (κ1) is 21.1. The molecule has 2 rings (SSSR count). The Balaban J connectivity index is 1.64. The molecule has 1 aromatic rings. The van der Waals surface area contributed by atoms with Crippen molar-refractivity contribution in [1.29, 1.82) is 0 Å². The summed E-state index contributed by atoms with van der Waals surface area (Å²) in [6.07, 6.45) is 3.26. The Morgan fingerprint density at radius 2 is 2.30 bits per heavy atom. The van der Waals surface area contributed by atoms with Crippen molar-refractivity contribution in [3.8, 4) is 0 Å². The number of ether oxygens (including phenoxy) is 2. The Labute approximate surface area is 159 Å². The van der Waals surface area contributed by atoms with E-state index in [2.05, 4.69) is 20.9 Å². The fraction of sp³-hybridized carbons (Fsp3) is 0.579. The van der Waals surface area contributed by atoms with Crippen LogP contribution in [0.25, 0.3) is 0 Å². The molecule has 1 unspecified atom stereocenters. The van der Waals surface area contributed by atoms with Crippen LogP contribution in [0.1, 0.15) is 26.2 Å². The minimum absolute atomic E-state index is 0.0542. The SMILES string of the molecule is CCNC(=NCC(=O)Nc1cccc(F)c1)NCCCOCC1CCCO1. The molecule has 0 spiro atoms. The second kappa shape index (κ2) is 12.2. The standard InChI is InChI=1S/C19H29FN4O3/c1-2-21-19(22-9-5-10-26-14-17-8-4-11-27-17)23-13-18(25)24-16-7-3-6-15(20)12-16/h3,6-7,12,17H,2,4-5,8-11,13-14H2,1H3,(H,24,25)(H2,21,22,23). The molecule has 3 N–H and O–H groups in total. The number of anilines is 1. The van der Waals surface area contributed by atoms with Crippen molar-refractivity contribution in [2.45, 2.75) is 32.3 Å². The van der Waals surface area contributed by atoms with Gasteiger partial charge in [0, 0.05) is 32.0 Å². The second-order valence-electron chi connectivity index (χ2n) is 6.24. The average molecular weight is 380 g/mol. The number of nitrogens with zero attached hydrogens (tertiary/aromatic N) is 1. The van der Waals surface area contributed by atoms with Gasteiger partial charge in [-0.15, -0.1) is 0 Å². The number of rotatable bonds is 10. The molecule has 7 nitrogen and oxygen atoms in total. The maximum atomic E-state index is 13.1. The van der Waals surface area contributed by atoms with Crippen LogP contribution in [0, 0.1) is 5.82 Å². The fourth-order valence-electron chi connectivity index (χ4n) is 2.63. The topological polar surface area (TPSA) is 84.0 Å². The zero-order valence-corrected chi connectivity index (χ0v) is 15.8. The number of hydrogen-bond donors (Lipinski definition) is 3. The van der Waals surface area contributed by atoms with Gasteiger partial charge in [0.25, 0.3) is 0 Å². The van der Waals surface area contributed by atoms with E-state index < -0.39 is 5.82 Å². The molecule has 0 radical (unpaired) electrons. The third-order valence-corrected chi connectivity index (χ3v) is 3.92. The molecular formula is C19H29FN4O3. The van der Waals surface area contributed by atoms with Gasteiger partial charge >= 0.3 is 0 Å². The van der Waals surface area contributed by atoms with Crippen LogP contribution in [-0.4, -0.2) is 57.4 Å². The predicted octanol–water partition coefficient (Wildman–Crippen LogP) is 1.90. The van der Waals surface area contributed by atoms with E-state index in [4.69, 9.17) is 9.47 Å². The van der Waals surface area contributed by atoms with Crippen LogP contribution in [0.3, 0.4) is 0 Å². The Kier molecular flexibility index (Phi) is 9.57. The number of nitrogens with one attached hydrogen (secondary N) is 3. The molecule has 27 heavy (non-hydrogen) atoms. The lowest BCUT2D eigenvalue weighted by molar-refractivity contribution is -0.114. The Morgan fingerprint density at radius 3 is 3.04 bits per heavy atom. The van der Waals surface area contributed by atoms with Crippen molar-refractivity contribution >= 4 is 17.6 Å². The number of benzene rings is 1. The van der Waals surface area contributed by atoms with Gasteiger partial charge < -0.3 is 25.4 Å². The number of hydrogen-bond acceptors (Lipinski definition) is 4. The van der Waals surface area contributed by atoms with Gasteiger partial charge in [0.1, 0.15) is 12.4 Å². The van der Waals surface area contributed by atoms with E-state index >= 15 is 0 Å². The number of carbonyl (C=O) groups excluding carboxylic acids is 1. The van der Waals surface area contributed by atoms with Crippen LogP contribution in [0.2, 0.25) is 0 Å². The quantitative estimate of drug-likeness (QED) is 0.328. The molecule has 1 fully saturated rings. The molecule has 1 saturated heterocycles. The summed E-state index contributed by atoms with van der Waals surface area (Å²) in [6, 6.07) is 5.76. The molecule has 1 aliphatic rings. The van der Waals surface area contributed by atoms with E-state index in [0.717, 1.165) is 25.9 Å². The molecule has 0 aliphatic carbocycles. The van der Waals surface area contributed by atoms with Gasteiger partial charge in [-0.2, -0.15) is 0 Å². The van der Waals surface area contributed by atoms with Gasteiger partial charge in [-0.25, -0.2) is 9.38 Å². The molecule has 1 heterocycles. The number of carbonyl (C=O) groups is 1. The molecule has 0 saturated carbocycles. The number of guanidine groups is 1. The van der Waals surface area contributed by atoms with E-state index in [0.29, 0.717) is 38.0 Å². The summed E-state index contributed by atoms with van der Waals surface area (Å²) in [5.74, 6) is -0.142. The van der Waals surface area contributed by atoms with E-state index in [1.165, 1.54) is 12.1 Å². The summed E-state index contributed by atoms with van der Waals surface area (Å²) in [4.78, 5) is 16.2. The minimum Gasteiger partial charge on any atom is -0.379 e. The highest BCUT2D eigenvalue weighted by molar-refractivity contribution is 5.94. The first-order valence-corrected chi connectivity index (χ1v) is 9.44. The van der Waals surface area contributed by atoms with Crippen molar-refractivity contribution in [2.24, 2.45) is 4.99 Å². The largest absolute Gasteiger partial charge is 0.379 e. The summed E-state index contributed by atoms with van der Waals surface area (Å²) in [5.41, 5.74) is 0.413. The number of aliphatic imine (C=N–C) groups is 1. The van der Waals surface area contributed by atoms with Crippen molar-refractivity contribution in [3.05, 3.63) is 30.1 Å². The lowest BCUT2D eigenvalue weighted by Crippen LogP contribution is -2.38. The molecular weight excluding hydrogens is 351 g/mol. The summed E-state index contributed by atoms with van der Waals surface area (Å²) in [6.45, 7) is 5.40. The summed E-state index contributed by atoms with van der Waals surface area (Å²) >= 11 is 0. The maximum Gasteiger partial charge on any atom is 0.246 e. The third-order valence-electron chi connectivity index (χ3n) is 3.92. The van der Waals surface area contributed by atoms with Crippen LogP contribution in [0.4, 0.5) is 10.1 Å². The van der Waals surface area contributed by atoms with Gasteiger partial charge in [-0.1, -0.05) is 6.07 Å². The van der Waals surface area contributed by atoms with Gasteiger partial charge in [-0.3, -0.25) is 4.79 Å². The highest BCUT2D eigenvalue weighted by atomic mass is 19.1. The Morgan fingerprint density at radius 1 is 1.41 bits per heavy atom. The molecule has 8 heteroatoms. The van der Waals surface area contributed by atoms with E-state index in [1.54, 1.807) is 12.1 Å². The minimum atomic E-state index is -0.395. The van der Waals surface area contributed by atoms with Crippen LogP contribution < -0.4 is 16.0 Å². The zero-order chi connectivity index (χ0) is 19.3. The molecule has 1 atom stereocenters. The van der Waals surface area contributed by atoms with Gasteiger partial charge in [-0.05, 0) is 44.4 Å². The highest BCUT2D eigenvalue weighted by Crippen LogP contribution is 2.11. The highest BCUT2D eigenvalue weighted by Gasteiger charge is 2.14. The van der Waals surface area contributed by atoms with Crippen molar-refractivity contribution in [3.63, 3.8) is 0 Å². The Bertz CT molecular complexity index is 606. The summed E-state index contributed by atoms with van der Waals surface area (Å²) < 4.78 is 24.2. The molecule has 0 bridgehead atoms. The van der Waals surface area contributed by atoms with Gasteiger partial charge in [0.05, 0.1) is 12.7 Å². The first-order chi connectivity index (χ1) is 13.2. The lowest BCUT2D eigenvalue weighted by atomic mass is 10.2.